The van der Waals surface area contributed by atoms with E-state index in [-0.39, 0.29) is 16.1 Å². The second kappa shape index (κ2) is 8.85. The number of carbonyl (C=O) groups is 1. The van der Waals surface area contributed by atoms with Crippen molar-refractivity contribution >= 4 is 54.8 Å². The normalized spacial score (nSPS) is 12.3. The van der Waals surface area contributed by atoms with Crippen LogP contribution >= 0.6 is 22.9 Å². The van der Waals surface area contributed by atoms with E-state index in [1.807, 2.05) is 23.6 Å². The fourth-order valence-corrected chi connectivity index (χ4v) is 5.55. The van der Waals surface area contributed by atoms with Crippen LogP contribution in [-0.4, -0.2) is 18.9 Å². The zero-order valence-corrected chi connectivity index (χ0v) is 19.1. The molecule has 1 aromatic heterocycles. The van der Waals surface area contributed by atoms with Crippen LogP contribution in [0.5, 0.6) is 0 Å². The molecule has 1 amide bonds. The van der Waals surface area contributed by atoms with E-state index in [9.17, 15) is 17.6 Å². The molecular formula is C22H17ClFN3O3S2. The number of anilines is 1. The van der Waals surface area contributed by atoms with E-state index in [1.165, 1.54) is 35.6 Å². The lowest BCUT2D eigenvalue weighted by Crippen LogP contribution is -2.16. The van der Waals surface area contributed by atoms with Crippen molar-refractivity contribution in [2.45, 2.75) is 18.4 Å². The third kappa shape index (κ3) is 4.59. The van der Waals surface area contributed by atoms with E-state index >= 15 is 0 Å². The van der Waals surface area contributed by atoms with Gasteiger partial charge in [0.1, 0.15) is 5.82 Å². The molecule has 0 aliphatic heterocycles. The van der Waals surface area contributed by atoms with Crippen LogP contribution in [0.2, 0.25) is 5.02 Å². The molecule has 4 rings (SSSR count). The summed E-state index contributed by atoms with van der Waals surface area (Å²) in [5.41, 5.74) is 1.35. The SMILES string of the molecule is CCn1c(=NC(=O)c2cccc(NS(=O)(=O)c3ccc(F)cc3)c2)sc2cc(Cl)ccc21. The van der Waals surface area contributed by atoms with Crippen molar-refractivity contribution in [2.75, 3.05) is 4.72 Å². The van der Waals surface area contributed by atoms with Gasteiger partial charge in [0.15, 0.2) is 4.80 Å². The molecule has 0 fully saturated rings. The Morgan fingerprint density at radius 2 is 1.88 bits per heavy atom. The minimum Gasteiger partial charge on any atom is -0.317 e. The van der Waals surface area contributed by atoms with Crippen molar-refractivity contribution in [3.63, 3.8) is 0 Å². The third-order valence-corrected chi connectivity index (χ3v) is 7.32. The highest BCUT2D eigenvalue weighted by Crippen LogP contribution is 2.22. The number of fused-ring (bicyclic) bond motifs is 1. The van der Waals surface area contributed by atoms with Gasteiger partial charge in [-0.25, -0.2) is 12.8 Å². The van der Waals surface area contributed by atoms with Gasteiger partial charge in [0.05, 0.1) is 15.1 Å². The molecule has 0 aliphatic rings. The molecule has 3 aromatic carbocycles. The van der Waals surface area contributed by atoms with Crippen molar-refractivity contribution in [1.82, 2.24) is 4.57 Å². The summed E-state index contributed by atoms with van der Waals surface area (Å²) in [7, 11) is -3.94. The molecule has 10 heteroatoms. The number of nitrogens with one attached hydrogen (secondary N) is 1. The van der Waals surface area contributed by atoms with Gasteiger partial charge in [-0.15, -0.1) is 0 Å². The zero-order chi connectivity index (χ0) is 22.9. The van der Waals surface area contributed by atoms with E-state index in [1.54, 1.807) is 18.2 Å². The van der Waals surface area contributed by atoms with Gasteiger partial charge in [-0.05, 0) is 67.6 Å². The van der Waals surface area contributed by atoms with Gasteiger partial charge < -0.3 is 4.57 Å². The molecule has 0 aliphatic carbocycles. The number of carbonyl (C=O) groups excluding carboxylic acids is 1. The average Bonchev–Trinajstić information content (AvgIpc) is 3.09. The lowest BCUT2D eigenvalue weighted by molar-refractivity contribution is 0.0998. The number of aryl methyl sites for hydroxylation is 1. The smallest absolute Gasteiger partial charge is 0.279 e. The second-order valence-electron chi connectivity index (χ2n) is 6.80. The largest absolute Gasteiger partial charge is 0.317 e. The predicted octanol–water partition coefficient (Wildman–Crippen LogP) is 5.06. The van der Waals surface area contributed by atoms with Crippen LogP contribution in [0.4, 0.5) is 10.1 Å². The predicted molar refractivity (Wildman–Crippen MR) is 124 cm³/mol. The van der Waals surface area contributed by atoms with Crippen LogP contribution in [0.1, 0.15) is 17.3 Å². The Hall–Kier alpha value is -3.01. The highest BCUT2D eigenvalue weighted by Gasteiger charge is 2.15. The van der Waals surface area contributed by atoms with E-state index in [2.05, 4.69) is 9.71 Å². The molecule has 4 aromatic rings. The van der Waals surface area contributed by atoms with Gasteiger partial charge in [0.25, 0.3) is 15.9 Å². The van der Waals surface area contributed by atoms with E-state index in [0.717, 1.165) is 22.3 Å². The molecule has 0 saturated carbocycles. The van der Waals surface area contributed by atoms with Crippen molar-refractivity contribution in [2.24, 2.45) is 4.99 Å². The average molecular weight is 490 g/mol. The minimum absolute atomic E-state index is 0.0896. The number of hydrogen-bond donors (Lipinski definition) is 1. The summed E-state index contributed by atoms with van der Waals surface area (Å²) in [6.45, 7) is 2.57. The summed E-state index contributed by atoms with van der Waals surface area (Å²) >= 11 is 7.42. The van der Waals surface area contributed by atoms with Crippen LogP contribution in [0, 0.1) is 5.82 Å². The van der Waals surface area contributed by atoms with Gasteiger partial charge in [-0.1, -0.05) is 29.0 Å². The number of amides is 1. The van der Waals surface area contributed by atoms with Gasteiger partial charge >= 0.3 is 0 Å². The first-order chi connectivity index (χ1) is 15.3. The maximum atomic E-state index is 13.1. The van der Waals surface area contributed by atoms with E-state index in [4.69, 9.17) is 11.6 Å². The quantitative estimate of drug-likeness (QED) is 0.425. The van der Waals surface area contributed by atoms with Crippen LogP contribution in [0.15, 0.2) is 76.6 Å². The summed E-state index contributed by atoms with van der Waals surface area (Å²) in [5.74, 6) is -1.04. The molecule has 0 unspecified atom stereocenters. The standard InChI is InChI=1S/C22H17ClFN3O3S2/c1-2-27-19-11-6-15(23)13-20(19)31-22(27)25-21(28)14-4-3-5-17(12-14)26-32(29,30)18-9-7-16(24)8-10-18/h3-13,26H,2H2,1H3. The van der Waals surface area contributed by atoms with Gasteiger partial charge in [0.2, 0.25) is 0 Å². The molecule has 164 valence electrons. The van der Waals surface area contributed by atoms with Crippen molar-refractivity contribution in [3.8, 4) is 0 Å². The number of aromatic nitrogens is 1. The monoisotopic (exact) mass is 489 g/mol. The fourth-order valence-electron chi connectivity index (χ4n) is 3.13. The number of nitrogens with zero attached hydrogens (tertiary/aromatic N) is 2. The van der Waals surface area contributed by atoms with Crippen molar-refractivity contribution in [3.05, 3.63) is 87.9 Å². The summed E-state index contributed by atoms with van der Waals surface area (Å²) in [5, 5.41) is 0.598. The third-order valence-electron chi connectivity index (χ3n) is 4.64. The highest BCUT2D eigenvalue weighted by atomic mass is 35.5. The first-order valence-corrected chi connectivity index (χ1v) is 12.2. The first-order valence-electron chi connectivity index (χ1n) is 9.53. The van der Waals surface area contributed by atoms with Crippen LogP contribution < -0.4 is 9.52 Å². The molecular weight excluding hydrogens is 473 g/mol. The lowest BCUT2D eigenvalue weighted by Gasteiger charge is -2.08. The van der Waals surface area contributed by atoms with Crippen molar-refractivity contribution < 1.29 is 17.6 Å². The number of sulfonamides is 1. The molecule has 6 nitrogen and oxygen atoms in total. The number of hydrogen-bond acceptors (Lipinski definition) is 4. The topological polar surface area (TPSA) is 80.5 Å². The summed E-state index contributed by atoms with van der Waals surface area (Å²) in [4.78, 5) is 17.5. The Morgan fingerprint density at radius 1 is 1.12 bits per heavy atom. The lowest BCUT2D eigenvalue weighted by atomic mass is 10.2. The summed E-state index contributed by atoms with van der Waals surface area (Å²) in [6.07, 6.45) is 0. The van der Waals surface area contributed by atoms with E-state index in [0.29, 0.717) is 16.4 Å². The molecule has 0 bridgehead atoms. The highest BCUT2D eigenvalue weighted by molar-refractivity contribution is 7.92. The Bertz CT molecular complexity index is 1490. The maximum absolute atomic E-state index is 13.1. The minimum atomic E-state index is -3.94. The summed E-state index contributed by atoms with van der Waals surface area (Å²) < 4.78 is 43.4. The molecule has 0 saturated heterocycles. The van der Waals surface area contributed by atoms with Gasteiger partial charge in [-0.3, -0.25) is 9.52 Å². The fraction of sp³-hybridized carbons (Fsp3) is 0.0909. The Kier molecular flexibility index (Phi) is 6.14. The number of rotatable bonds is 5. The number of halogens is 2. The van der Waals surface area contributed by atoms with Gasteiger partial charge in [-0.2, -0.15) is 4.99 Å². The second-order valence-corrected chi connectivity index (χ2v) is 9.93. The maximum Gasteiger partial charge on any atom is 0.279 e. The summed E-state index contributed by atoms with van der Waals surface area (Å²) in [6, 6.07) is 16.0. The van der Waals surface area contributed by atoms with E-state index < -0.39 is 21.7 Å². The molecule has 0 radical (unpaired) electrons. The zero-order valence-electron chi connectivity index (χ0n) is 16.7. The molecule has 0 atom stereocenters. The van der Waals surface area contributed by atoms with Gasteiger partial charge in [0, 0.05) is 22.8 Å². The van der Waals surface area contributed by atoms with Crippen LogP contribution in [0.3, 0.4) is 0 Å². The first kappa shape index (κ1) is 22.2. The molecule has 1 N–H and O–H groups in total. The van der Waals surface area contributed by atoms with Crippen LogP contribution in [0.25, 0.3) is 10.2 Å². The molecule has 32 heavy (non-hydrogen) atoms. The molecule has 0 spiro atoms. The Balaban J connectivity index is 1.66. The Morgan fingerprint density at radius 3 is 2.59 bits per heavy atom. The number of benzene rings is 3. The molecule has 1 heterocycles. The Labute approximate surface area is 192 Å². The van der Waals surface area contributed by atoms with Crippen molar-refractivity contribution in [1.29, 1.82) is 0 Å². The number of thiazole rings is 1. The van der Waals surface area contributed by atoms with Crippen LogP contribution in [-0.2, 0) is 16.6 Å².